The molecule has 0 aliphatic carbocycles. The second-order valence-electron chi connectivity index (χ2n) is 6.73. The lowest BCUT2D eigenvalue weighted by atomic mass is 10.1. The summed E-state index contributed by atoms with van der Waals surface area (Å²) in [4.78, 5) is 10.6. The number of nitrogens with zero attached hydrogens (tertiary/aromatic N) is 7. The van der Waals surface area contributed by atoms with E-state index in [0.717, 1.165) is 22.5 Å². The van der Waals surface area contributed by atoms with E-state index in [1.165, 1.54) is 0 Å². The largest absolute Gasteiger partial charge is 0.334 e. The van der Waals surface area contributed by atoms with Crippen LogP contribution in [-0.2, 0) is 7.05 Å². The lowest BCUT2D eigenvalue weighted by Gasteiger charge is -2.22. The van der Waals surface area contributed by atoms with Gasteiger partial charge in [0.15, 0.2) is 11.6 Å². The molecule has 8 heteroatoms. The minimum Gasteiger partial charge on any atom is -0.334 e. The van der Waals surface area contributed by atoms with Gasteiger partial charge in [0.2, 0.25) is 5.95 Å². The summed E-state index contributed by atoms with van der Waals surface area (Å²) in [5.74, 6) is 2.58. The summed E-state index contributed by atoms with van der Waals surface area (Å²) in [5.41, 5.74) is 3.01. The summed E-state index contributed by atoms with van der Waals surface area (Å²) >= 11 is 0. The Hall–Kier alpha value is -3.55. The summed E-state index contributed by atoms with van der Waals surface area (Å²) in [5, 5.41) is 12.8. The fraction of sp³-hybridized carbons (Fsp3) is 0.250. The highest BCUT2D eigenvalue weighted by molar-refractivity contribution is 5.57. The molecule has 0 saturated carbocycles. The van der Waals surface area contributed by atoms with E-state index in [2.05, 4.69) is 25.3 Å². The molecule has 142 valence electrons. The van der Waals surface area contributed by atoms with Crippen LogP contribution in [0.2, 0.25) is 0 Å². The monoisotopic (exact) mass is 375 g/mol. The van der Waals surface area contributed by atoms with Crippen molar-refractivity contribution in [1.82, 2.24) is 29.9 Å². The molecule has 0 aliphatic rings. The predicted octanol–water partition coefficient (Wildman–Crippen LogP) is 3.43. The number of pyridine rings is 1. The molecule has 0 saturated heterocycles. The van der Waals surface area contributed by atoms with Crippen molar-refractivity contribution in [3.8, 4) is 22.8 Å². The fourth-order valence-corrected chi connectivity index (χ4v) is 3.03. The Labute approximate surface area is 162 Å². The molecule has 8 nitrogen and oxygen atoms in total. The first-order chi connectivity index (χ1) is 13.5. The van der Waals surface area contributed by atoms with E-state index in [1.54, 1.807) is 12.4 Å². The summed E-state index contributed by atoms with van der Waals surface area (Å²) in [6, 6.07) is 11.7. The van der Waals surface area contributed by atoms with Gasteiger partial charge >= 0.3 is 0 Å². The molecule has 0 spiro atoms. The number of benzene rings is 1. The van der Waals surface area contributed by atoms with Crippen LogP contribution in [-0.4, -0.2) is 36.9 Å². The van der Waals surface area contributed by atoms with Gasteiger partial charge in [-0.15, -0.1) is 10.2 Å². The van der Waals surface area contributed by atoms with Gasteiger partial charge in [0, 0.05) is 37.6 Å². The van der Waals surface area contributed by atoms with Gasteiger partial charge in [-0.25, -0.2) is 0 Å². The zero-order chi connectivity index (χ0) is 19.7. The van der Waals surface area contributed by atoms with E-state index in [1.807, 2.05) is 73.8 Å². The van der Waals surface area contributed by atoms with Crippen molar-refractivity contribution >= 4 is 5.95 Å². The Morgan fingerprint density at radius 2 is 1.86 bits per heavy atom. The van der Waals surface area contributed by atoms with Crippen LogP contribution < -0.4 is 4.90 Å². The van der Waals surface area contributed by atoms with Crippen molar-refractivity contribution < 1.29 is 4.52 Å². The van der Waals surface area contributed by atoms with E-state index in [0.29, 0.717) is 17.7 Å². The molecule has 1 aromatic carbocycles. The highest BCUT2D eigenvalue weighted by atomic mass is 16.5. The first kappa shape index (κ1) is 17.8. The third-order valence-electron chi connectivity index (χ3n) is 4.77. The maximum absolute atomic E-state index is 5.48. The second-order valence-corrected chi connectivity index (χ2v) is 6.73. The van der Waals surface area contributed by atoms with Gasteiger partial charge in [-0.3, -0.25) is 9.55 Å². The van der Waals surface area contributed by atoms with Gasteiger partial charge in [-0.1, -0.05) is 22.9 Å². The molecule has 0 bridgehead atoms. The highest BCUT2D eigenvalue weighted by Gasteiger charge is 2.23. The Morgan fingerprint density at radius 3 is 2.61 bits per heavy atom. The Morgan fingerprint density at radius 1 is 1.07 bits per heavy atom. The minimum absolute atomic E-state index is 0.143. The number of aryl methyl sites for hydroxylation is 1. The van der Waals surface area contributed by atoms with Gasteiger partial charge < -0.3 is 9.42 Å². The maximum atomic E-state index is 5.48. The summed E-state index contributed by atoms with van der Waals surface area (Å²) in [7, 11) is 3.87. The smallest absolute Gasteiger partial charge is 0.258 e. The van der Waals surface area contributed by atoms with Crippen LogP contribution in [0, 0.1) is 6.92 Å². The van der Waals surface area contributed by atoms with E-state index in [9.17, 15) is 0 Å². The van der Waals surface area contributed by atoms with Crippen molar-refractivity contribution in [2.45, 2.75) is 19.9 Å². The predicted molar refractivity (Wildman–Crippen MR) is 106 cm³/mol. The average Bonchev–Trinajstić information content (AvgIpc) is 3.35. The zero-order valence-electron chi connectivity index (χ0n) is 16.2. The van der Waals surface area contributed by atoms with Crippen molar-refractivity contribution in [2.24, 2.45) is 7.05 Å². The number of anilines is 1. The first-order valence-corrected chi connectivity index (χ1v) is 8.98. The fourth-order valence-electron chi connectivity index (χ4n) is 3.03. The first-order valence-electron chi connectivity index (χ1n) is 8.98. The van der Waals surface area contributed by atoms with Crippen LogP contribution in [0.1, 0.15) is 24.4 Å². The van der Waals surface area contributed by atoms with Crippen molar-refractivity contribution in [3.63, 3.8) is 0 Å². The molecule has 3 aromatic heterocycles. The van der Waals surface area contributed by atoms with Gasteiger partial charge in [0.05, 0.1) is 6.04 Å². The highest BCUT2D eigenvalue weighted by Crippen LogP contribution is 2.27. The number of hydrogen-bond acceptors (Lipinski definition) is 7. The zero-order valence-corrected chi connectivity index (χ0v) is 16.2. The normalized spacial score (nSPS) is 12.1. The Bertz CT molecular complexity index is 1090. The van der Waals surface area contributed by atoms with Crippen molar-refractivity contribution in [2.75, 3.05) is 11.9 Å². The number of aromatic nitrogens is 6. The topological polar surface area (TPSA) is 85.8 Å². The molecule has 0 unspecified atom stereocenters. The summed E-state index contributed by atoms with van der Waals surface area (Å²) in [6.45, 7) is 4.04. The van der Waals surface area contributed by atoms with E-state index >= 15 is 0 Å². The van der Waals surface area contributed by atoms with Crippen molar-refractivity contribution in [1.29, 1.82) is 0 Å². The Kier molecular flexibility index (Phi) is 4.60. The van der Waals surface area contributed by atoms with Crippen LogP contribution in [0.15, 0.2) is 53.3 Å². The van der Waals surface area contributed by atoms with E-state index in [-0.39, 0.29) is 6.04 Å². The molecule has 28 heavy (non-hydrogen) atoms. The standard InChI is InChI=1S/C20H21N7O/c1-13-6-5-7-16(12-13)19-22-17(25-28-19)14(2)26(3)20-24-23-18(27(20)4)15-8-10-21-11-9-15/h5-12,14H,1-4H3/t14-/m1/s1. The molecule has 3 heterocycles. The summed E-state index contributed by atoms with van der Waals surface area (Å²) in [6.07, 6.45) is 3.48. The molecule has 4 rings (SSSR count). The molecule has 0 amide bonds. The number of hydrogen-bond donors (Lipinski definition) is 0. The van der Waals surface area contributed by atoms with Crippen LogP contribution in [0.3, 0.4) is 0 Å². The van der Waals surface area contributed by atoms with Crippen molar-refractivity contribution in [3.05, 3.63) is 60.2 Å². The third-order valence-corrected chi connectivity index (χ3v) is 4.77. The maximum Gasteiger partial charge on any atom is 0.258 e. The molecule has 0 radical (unpaired) electrons. The molecule has 0 N–H and O–H groups in total. The van der Waals surface area contributed by atoms with E-state index in [4.69, 9.17) is 4.52 Å². The molecule has 1 atom stereocenters. The molecule has 0 fully saturated rings. The average molecular weight is 375 g/mol. The summed E-state index contributed by atoms with van der Waals surface area (Å²) < 4.78 is 7.42. The molecular formula is C20H21N7O. The minimum atomic E-state index is -0.143. The molecule has 0 aliphatic heterocycles. The molecular weight excluding hydrogens is 354 g/mol. The molecule has 4 aromatic rings. The Balaban J connectivity index is 1.59. The SMILES string of the molecule is Cc1cccc(-c2nc([C@@H](C)N(C)c3nnc(-c4ccncc4)n3C)no2)c1. The van der Waals surface area contributed by atoms with Crippen LogP contribution in [0.25, 0.3) is 22.8 Å². The third kappa shape index (κ3) is 3.24. The van der Waals surface area contributed by atoms with E-state index < -0.39 is 0 Å². The van der Waals surface area contributed by atoms with Crippen LogP contribution in [0.4, 0.5) is 5.95 Å². The van der Waals surface area contributed by atoms with Gasteiger partial charge in [0.25, 0.3) is 5.89 Å². The van der Waals surface area contributed by atoms with Gasteiger partial charge in [-0.2, -0.15) is 4.98 Å². The quantitative estimate of drug-likeness (QED) is 0.528. The van der Waals surface area contributed by atoms with Gasteiger partial charge in [0.1, 0.15) is 0 Å². The number of rotatable bonds is 5. The second kappa shape index (κ2) is 7.22. The van der Waals surface area contributed by atoms with Crippen LogP contribution in [0.5, 0.6) is 0 Å². The lowest BCUT2D eigenvalue weighted by molar-refractivity contribution is 0.416. The van der Waals surface area contributed by atoms with Gasteiger partial charge in [-0.05, 0) is 38.1 Å². The van der Waals surface area contributed by atoms with Crippen LogP contribution >= 0.6 is 0 Å². The lowest BCUT2D eigenvalue weighted by Crippen LogP contribution is -2.25.